The molecule has 0 amide bonds. The number of hydrogen-bond acceptors (Lipinski definition) is 4. The lowest BCUT2D eigenvalue weighted by atomic mass is 9.91. The van der Waals surface area contributed by atoms with E-state index >= 15 is 0 Å². The molecule has 0 spiro atoms. The standard InChI is InChI=1S/C15H22N2O2/c16-17-14(9-11-6-8-18-10-11)13-5-1-3-12-4-2-7-19-15(12)13/h1,3,5,11,14,17H,2,4,6-10,16H2. The van der Waals surface area contributed by atoms with E-state index in [0.29, 0.717) is 5.92 Å². The molecule has 3 rings (SSSR count). The first-order chi connectivity index (χ1) is 9.38. The topological polar surface area (TPSA) is 56.5 Å². The number of hydrazine groups is 1. The van der Waals surface area contributed by atoms with Gasteiger partial charge in [-0.25, -0.2) is 0 Å². The number of fused-ring (bicyclic) bond motifs is 1. The molecule has 2 atom stereocenters. The first-order valence-corrected chi connectivity index (χ1v) is 7.17. The second kappa shape index (κ2) is 5.90. The quantitative estimate of drug-likeness (QED) is 0.643. The summed E-state index contributed by atoms with van der Waals surface area (Å²) in [5.41, 5.74) is 5.47. The van der Waals surface area contributed by atoms with Gasteiger partial charge in [0.15, 0.2) is 0 Å². The van der Waals surface area contributed by atoms with Gasteiger partial charge in [0.2, 0.25) is 0 Å². The molecule has 2 aliphatic rings. The summed E-state index contributed by atoms with van der Waals surface area (Å²) in [6.45, 7) is 2.55. The maximum absolute atomic E-state index is 5.88. The van der Waals surface area contributed by atoms with Gasteiger partial charge in [-0.1, -0.05) is 18.2 Å². The zero-order valence-electron chi connectivity index (χ0n) is 11.2. The lowest BCUT2D eigenvalue weighted by molar-refractivity contribution is 0.181. The Morgan fingerprint density at radius 1 is 1.37 bits per heavy atom. The van der Waals surface area contributed by atoms with E-state index < -0.39 is 0 Å². The third kappa shape index (κ3) is 2.76. The van der Waals surface area contributed by atoms with E-state index in [1.807, 2.05) is 0 Å². The Morgan fingerprint density at radius 2 is 2.32 bits per heavy atom. The summed E-state index contributed by atoms with van der Waals surface area (Å²) in [6.07, 6.45) is 4.35. The molecular formula is C15H22N2O2. The average Bonchev–Trinajstić information content (AvgIpc) is 2.97. The molecule has 0 saturated carbocycles. The van der Waals surface area contributed by atoms with Crippen LogP contribution < -0.4 is 16.0 Å². The molecule has 2 aliphatic heterocycles. The average molecular weight is 262 g/mol. The second-order valence-corrected chi connectivity index (χ2v) is 5.47. The summed E-state index contributed by atoms with van der Waals surface area (Å²) in [4.78, 5) is 0. The molecule has 1 saturated heterocycles. The van der Waals surface area contributed by atoms with Gasteiger partial charge >= 0.3 is 0 Å². The second-order valence-electron chi connectivity index (χ2n) is 5.47. The van der Waals surface area contributed by atoms with Crippen LogP contribution in [0.15, 0.2) is 18.2 Å². The monoisotopic (exact) mass is 262 g/mol. The SMILES string of the molecule is NNC(CC1CCOC1)c1cccc2c1OCCC2. The summed E-state index contributed by atoms with van der Waals surface area (Å²) < 4.78 is 11.3. The molecule has 1 fully saturated rings. The van der Waals surface area contributed by atoms with Gasteiger partial charge in [0.25, 0.3) is 0 Å². The molecule has 2 heterocycles. The van der Waals surface area contributed by atoms with E-state index in [9.17, 15) is 0 Å². The molecule has 2 unspecified atom stereocenters. The highest BCUT2D eigenvalue weighted by molar-refractivity contribution is 5.44. The Balaban J connectivity index is 1.81. The summed E-state index contributed by atoms with van der Waals surface area (Å²) in [7, 11) is 0. The lowest BCUT2D eigenvalue weighted by Crippen LogP contribution is -2.30. The molecule has 1 aromatic carbocycles. The van der Waals surface area contributed by atoms with Crippen molar-refractivity contribution in [3.63, 3.8) is 0 Å². The van der Waals surface area contributed by atoms with Crippen molar-refractivity contribution in [3.05, 3.63) is 29.3 Å². The van der Waals surface area contributed by atoms with E-state index in [4.69, 9.17) is 15.3 Å². The number of para-hydroxylation sites is 1. The minimum Gasteiger partial charge on any atom is -0.493 e. The largest absolute Gasteiger partial charge is 0.493 e. The van der Waals surface area contributed by atoms with Gasteiger partial charge in [-0.3, -0.25) is 11.3 Å². The highest BCUT2D eigenvalue weighted by Gasteiger charge is 2.25. The van der Waals surface area contributed by atoms with Crippen LogP contribution in [-0.2, 0) is 11.2 Å². The highest BCUT2D eigenvalue weighted by Crippen LogP contribution is 2.36. The van der Waals surface area contributed by atoms with E-state index in [2.05, 4.69) is 23.6 Å². The van der Waals surface area contributed by atoms with Crippen molar-refractivity contribution in [3.8, 4) is 5.75 Å². The van der Waals surface area contributed by atoms with E-state index in [-0.39, 0.29) is 6.04 Å². The van der Waals surface area contributed by atoms with Crippen molar-refractivity contribution < 1.29 is 9.47 Å². The molecule has 4 nitrogen and oxygen atoms in total. The van der Waals surface area contributed by atoms with Gasteiger partial charge in [-0.05, 0) is 37.2 Å². The first kappa shape index (κ1) is 12.9. The molecular weight excluding hydrogens is 240 g/mol. The van der Waals surface area contributed by atoms with Gasteiger partial charge in [0.1, 0.15) is 5.75 Å². The number of rotatable bonds is 4. The van der Waals surface area contributed by atoms with Crippen LogP contribution in [0.25, 0.3) is 0 Å². The molecule has 0 bridgehead atoms. The minimum atomic E-state index is 0.153. The van der Waals surface area contributed by atoms with Crippen LogP contribution in [0, 0.1) is 5.92 Å². The normalized spacial score (nSPS) is 23.7. The third-order valence-electron chi connectivity index (χ3n) is 4.13. The maximum Gasteiger partial charge on any atom is 0.127 e. The van der Waals surface area contributed by atoms with Gasteiger partial charge in [-0.2, -0.15) is 0 Å². The third-order valence-corrected chi connectivity index (χ3v) is 4.13. The maximum atomic E-state index is 5.88. The van der Waals surface area contributed by atoms with Crippen LogP contribution in [0.3, 0.4) is 0 Å². The minimum absolute atomic E-state index is 0.153. The van der Waals surface area contributed by atoms with Gasteiger partial charge in [-0.15, -0.1) is 0 Å². The van der Waals surface area contributed by atoms with Crippen LogP contribution in [-0.4, -0.2) is 19.8 Å². The summed E-state index contributed by atoms with van der Waals surface area (Å²) in [5.74, 6) is 7.42. The van der Waals surface area contributed by atoms with Gasteiger partial charge in [0.05, 0.1) is 6.61 Å². The van der Waals surface area contributed by atoms with E-state index in [1.165, 1.54) is 11.1 Å². The highest BCUT2D eigenvalue weighted by atomic mass is 16.5. The van der Waals surface area contributed by atoms with Crippen LogP contribution in [0.5, 0.6) is 5.75 Å². The predicted octanol–water partition coefficient (Wildman–Crippen LogP) is 1.94. The summed E-state index contributed by atoms with van der Waals surface area (Å²) >= 11 is 0. The van der Waals surface area contributed by atoms with Crippen molar-refractivity contribution >= 4 is 0 Å². The summed E-state index contributed by atoms with van der Waals surface area (Å²) in [5, 5.41) is 0. The molecule has 1 aromatic rings. The fourth-order valence-electron chi connectivity index (χ4n) is 3.08. The lowest BCUT2D eigenvalue weighted by Gasteiger charge is -2.26. The predicted molar refractivity (Wildman–Crippen MR) is 73.9 cm³/mol. The van der Waals surface area contributed by atoms with Crippen molar-refractivity contribution in [2.75, 3.05) is 19.8 Å². The Morgan fingerprint density at radius 3 is 3.11 bits per heavy atom. The fraction of sp³-hybridized carbons (Fsp3) is 0.600. The Kier molecular flexibility index (Phi) is 4.01. The zero-order chi connectivity index (χ0) is 13.1. The number of hydrogen-bond donors (Lipinski definition) is 2. The molecule has 19 heavy (non-hydrogen) atoms. The smallest absolute Gasteiger partial charge is 0.127 e. The Labute approximate surface area is 114 Å². The number of benzene rings is 1. The molecule has 104 valence electrons. The van der Waals surface area contributed by atoms with Crippen molar-refractivity contribution in [2.45, 2.75) is 31.7 Å². The van der Waals surface area contributed by atoms with Crippen LogP contribution in [0.1, 0.15) is 36.4 Å². The van der Waals surface area contributed by atoms with Crippen molar-refractivity contribution in [2.24, 2.45) is 11.8 Å². The number of aryl methyl sites for hydroxylation is 1. The van der Waals surface area contributed by atoms with Crippen LogP contribution >= 0.6 is 0 Å². The molecule has 4 heteroatoms. The molecule has 0 aliphatic carbocycles. The van der Waals surface area contributed by atoms with Crippen molar-refractivity contribution in [1.82, 2.24) is 5.43 Å². The van der Waals surface area contributed by atoms with Crippen molar-refractivity contribution in [1.29, 1.82) is 0 Å². The number of nitrogens with two attached hydrogens (primary N) is 1. The van der Waals surface area contributed by atoms with E-state index in [1.54, 1.807) is 0 Å². The Bertz CT molecular complexity index is 430. The van der Waals surface area contributed by atoms with Gasteiger partial charge < -0.3 is 9.47 Å². The summed E-state index contributed by atoms with van der Waals surface area (Å²) in [6, 6.07) is 6.55. The van der Waals surface area contributed by atoms with E-state index in [0.717, 1.165) is 51.3 Å². The zero-order valence-corrected chi connectivity index (χ0v) is 11.2. The molecule has 0 radical (unpaired) electrons. The van der Waals surface area contributed by atoms with Crippen LogP contribution in [0.2, 0.25) is 0 Å². The van der Waals surface area contributed by atoms with Crippen LogP contribution in [0.4, 0.5) is 0 Å². The molecule has 0 aromatic heterocycles. The van der Waals surface area contributed by atoms with Gasteiger partial charge in [0, 0.05) is 24.8 Å². The number of nitrogens with one attached hydrogen (secondary N) is 1. The number of ether oxygens (including phenoxy) is 2. The molecule has 3 N–H and O–H groups in total. The first-order valence-electron chi connectivity index (χ1n) is 7.17. The fourth-order valence-corrected chi connectivity index (χ4v) is 3.08. The Hall–Kier alpha value is -1.10.